The molecule has 28 heavy (non-hydrogen) atoms. The first kappa shape index (κ1) is 21.1. The maximum absolute atomic E-state index is 13.3. The molecule has 2 atom stereocenters. The number of amides is 1. The van der Waals surface area contributed by atoms with Crippen molar-refractivity contribution >= 4 is 25.1 Å². The summed E-state index contributed by atoms with van der Waals surface area (Å²) in [6.45, 7) is 13.4. The molecule has 154 valence electrons. The SMILES string of the molecule is CC(C)(C)OC(=O)N1C2COCC1CC(C(=O)c1cccc([Si](C)(C)C)c1)C2. The van der Waals surface area contributed by atoms with Crippen LogP contribution in [-0.2, 0) is 9.47 Å². The number of benzene rings is 1. The molecule has 2 aliphatic rings. The van der Waals surface area contributed by atoms with Crippen molar-refractivity contribution in [1.29, 1.82) is 0 Å². The van der Waals surface area contributed by atoms with Crippen LogP contribution in [0.1, 0.15) is 44.0 Å². The van der Waals surface area contributed by atoms with E-state index in [4.69, 9.17) is 9.47 Å². The van der Waals surface area contributed by atoms with E-state index < -0.39 is 13.7 Å². The van der Waals surface area contributed by atoms with Crippen LogP contribution < -0.4 is 5.19 Å². The molecule has 6 heteroatoms. The third kappa shape index (κ3) is 4.66. The number of nitrogens with zero attached hydrogens (tertiary/aromatic N) is 1. The Morgan fingerprint density at radius 1 is 1.11 bits per heavy atom. The summed E-state index contributed by atoms with van der Waals surface area (Å²) in [7, 11) is -1.47. The van der Waals surface area contributed by atoms with Gasteiger partial charge in [-0.25, -0.2) is 4.79 Å². The molecule has 0 N–H and O–H groups in total. The molecule has 2 heterocycles. The topological polar surface area (TPSA) is 55.8 Å². The van der Waals surface area contributed by atoms with Gasteiger partial charge in [-0.1, -0.05) is 49.1 Å². The molecule has 2 aliphatic heterocycles. The summed E-state index contributed by atoms with van der Waals surface area (Å²) < 4.78 is 11.3. The van der Waals surface area contributed by atoms with Gasteiger partial charge in [0.2, 0.25) is 0 Å². The molecule has 2 saturated heterocycles. The van der Waals surface area contributed by atoms with Crippen LogP contribution in [-0.4, -0.2) is 55.7 Å². The highest BCUT2D eigenvalue weighted by Crippen LogP contribution is 2.34. The van der Waals surface area contributed by atoms with Crippen LogP contribution >= 0.6 is 0 Å². The normalized spacial score (nSPS) is 25.4. The van der Waals surface area contributed by atoms with Crippen molar-refractivity contribution < 1.29 is 19.1 Å². The van der Waals surface area contributed by atoms with E-state index in [2.05, 4.69) is 31.8 Å². The Kier molecular flexibility index (Phi) is 5.74. The zero-order valence-electron chi connectivity index (χ0n) is 18.0. The molecular weight excluding hydrogens is 370 g/mol. The van der Waals surface area contributed by atoms with Gasteiger partial charge < -0.3 is 9.47 Å². The number of fused-ring (bicyclic) bond motifs is 2. The molecule has 0 spiro atoms. The van der Waals surface area contributed by atoms with E-state index in [1.165, 1.54) is 5.19 Å². The molecule has 5 nitrogen and oxygen atoms in total. The molecule has 0 saturated carbocycles. The fourth-order valence-corrected chi connectivity index (χ4v) is 5.30. The smallest absolute Gasteiger partial charge is 0.410 e. The number of Topliss-reactive ketones (excluding diaryl/α,β-unsaturated/α-hetero) is 1. The number of rotatable bonds is 3. The monoisotopic (exact) mass is 403 g/mol. The van der Waals surface area contributed by atoms with Crippen molar-refractivity contribution in [2.75, 3.05) is 13.2 Å². The predicted molar refractivity (Wildman–Crippen MR) is 113 cm³/mol. The Hall–Kier alpha value is -1.66. The summed E-state index contributed by atoms with van der Waals surface area (Å²) in [5, 5.41) is 1.30. The zero-order chi connectivity index (χ0) is 20.7. The fraction of sp³-hybridized carbons (Fsp3) is 0.636. The minimum Gasteiger partial charge on any atom is -0.444 e. The first-order valence-corrected chi connectivity index (χ1v) is 13.7. The first-order chi connectivity index (χ1) is 13.0. The number of morpholine rings is 1. The number of carbonyl (C=O) groups excluding carboxylic acids is 2. The summed E-state index contributed by atoms with van der Waals surface area (Å²) in [5.41, 5.74) is 0.269. The van der Waals surface area contributed by atoms with Crippen LogP contribution in [0.2, 0.25) is 19.6 Å². The van der Waals surface area contributed by atoms with Crippen molar-refractivity contribution in [3.63, 3.8) is 0 Å². The molecule has 0 aromatic heterocycles. The molecule has 2 fully saturated rings. The van der Waals surface area contributed by atoms with Crippen LogP contribution in [0.15, 0.2) is 24.3 Å². The number of piperidine rings is 1. The maximum Gasteiger partial charge on any atom is 0.410 e. The lowest BCUT2D eigenvalue weighted by Gasteiger charge is -2.47. The number of ether oxygens (including phenoxy) is 2. The lowest BCUT2D eigenvalue weighted by atomic mass is 9.81. The Morgan fingerprint density at radius 2 is 1.71 bits per heavy atom. The van der Waals surface area contributed by atoms with Crippen molar-refractivity contribution in [2.45, 2.75) is 70.9 Å². The minimum atomic E-state index is -1.47. The quantitative estimate of drug-likeness (QED) is 0.569. The van der Waals surface area contributed by atoms with Crippen LogP contribution in [0.5, 0.6) is 0 Å². The fourth-order valence-electron chi connectivity index (χ4n) is 4.12. The number of hydrogen-bond donors (Lipinski definition) is 0. The highest BCUT2D eigenvalue weighted by atomic mass is 28.3. The van der Waals surface area contributed by atoms with Crippen LogP contribution in [0.3, 0.4) is 0 Å². The molecule has 1 aromatic rings. The summed E-state index contributed by atoms with van der Waals surface area (Å²) in [4.78, 5) is 27.8. The highest BCUT2D eigenvalue weighted by Gasteiger charge is 2.45. The van der Waals surface area contributed by atoms with Crippen LogP contribution in [0.25, 0.3) is 0 Å². The Labute approximate surface area is 169 Å². The summed E-state index contributed by atoms with van der Waals surface area (Å²) in [5.74, 6) is 0.121. The van der Waals surface area contributed by atoms with Crippen molar-refractivity contribution in [3.05, 3.63) is 29.8 Å². The van der Waals surface area contributed by atoms with E-state index in [1.54, 1.807) is 0 Å². The van der Waals surface area contributed by atoms with Crippen LogP contribution in [0, 0.1) is 5.92 Å². The standard InChI is InChI=1S/C22H33NO4Si/c1-22(2,3)27-21(25)23-17-10-16(11-18(23)14-26-13-17)20(24)15-8-7-9-19(12-15)28(4,5)6/h7-9,12,16-18H,10-11,13-14H2,1-6H3. The van der Waals surface area contributed by atoms with Gasteiger partial charge in [0, 0.05) is 11.5 Å². The first-order valence-electron chi connectivity index (χ1n) is 10.2. The second-order valence-corrected chi connectivity index (χ2v) is 15.2. The minimum absolute atomic E-state index is 0.0746. The Morgan fingerprint density at radius 3 is 2.25 bits per heavy atom. The van der Waals surface area contributed by atoms with E-state index in [1.807, 2.05) is 37.8 Å². The van der Waals surface area contributed by atoms with E-state index in [-0.39, 0.29) is 29.9 Å². The van der Waals surface area contributed by atoms with Crippen LogP contribution in [0.4, 0.5) is 4.79 Å². The van der Waals surface area contributed by atoms with E-state index in [0.29, 0.717) is 26.1 Å². The molecule has 1 aromatic carbocycles. The van der Waals surface area contributed by atoms with Crippen molar-refractivity contribution in [2.24, 2.45) is 5.92 Å². The number of ketones is 1. The van der Waals surface area contributed by atoms with Gasteiger partial charge in [-0.15, -0.1) is 0 Å². The van der Waals surface area contributed by atoms with Gasteiger partial charge in [-0.05, 0) is 33.6 Å². The predicted octanol–water partition coefficient (Wildman–Crippen LogP) is 3.83. The highest BCUT2D eigenvalue weighted by molar-refractivity contribution is 6.88. The zero-order valence-corrected chi connectivity index (χ0v) is 19.0. The van der Waals surface area contributed by atoms with Gasteiger partial charge in [0.15, 0.2) is 5.78 Å². The van der Waals surface area contributed by atoms with Crippen molar-refractivity contribution in [3.8, 4) is 0 Å². The van der Waals surface area contributed by atoms with Gasteiger partial charge in [0.05, 0.1) is 33.4 Å². The molecule has 0 aliphatic carbocycles. The maximum atomic E-state index is 13.3. The van der Waals surface area contributed by atoms with E-state index in [0.717, 1.165) is 5.56 Å². The molecule has 2 bridgehead atoms. The van der Waals surface area contributed by atoms with E-state index in [9.17, 15) is 9.59 Å². The summed E-state index contributed by atoms with van der Waals surface area (Å²) in [6.07, 6.45) is 0.967. The molecular formula is C22H33NO4Si. The molecule has 0 radical (unpaired) electrons. The third-order valence-corrected chi connectivity index (χ3v) is 7.55. The van der Waals surface area contributed by atoms with Gasteiger partial charge in [0.1, 0.15) is 5.60 Å². The Balaban J connectivity index is 1.77. The van der Waals surface area contributed by atoms with Gasteiger partial charge in [0.25, 0.3) is 0 Å². The average Bonchev–Trinajstić information content (AvgIpc) is 2.57. The molecule has 3 rings (SSSR count). The summed E-state index contributed by atoms with van der Waals surface area (Å²) in [6, 6.07) is 7.95. The van der Waals surface area contributed by atoms with Crippen molar-refractivity contribution in [1.82, 2.24) is 4.90 Å². The largest absolute Gasteiger partial charge is 0.444 e. The lowest BCUT2D eigenvalue weighted by Crippen LogP contribution is -2.60. The van der Waals surface area contributed by atoms with Gasteiger partial charge >= 0.3 is 6.09 Å². The molecule has 2 unspecified atom stereocenters. The lowest BCUT2D eigenvalue weighted by molar-refractivity contribution is -0.0861. The summed E-state index contributed by atoms with van der Waals surface area (Å²) >= 11 is 0. The second-order valence-electron chi connectivity index (χ2n) is 10.1. The average molecular weight is 404 g/mol. The molecule has 1 amide bonds. The van der Waals surface area contributed by atoms with E-state index >= 15 is 0 Å². The third-order valence-electron chi connectivity index (χ3n) is 5.51. The van der Waals surface area contributed by atoms with Gasteiger partial charge in [-0.2, -0.15) is 0 Å². The Bertz CT molecular complexity index is 736. The second kappa shape index (κ2) is 7.63. The van der Waals surface area contributed by atoms with Gasteiger partial charge in [-0.3, -0.25) is 9.69 Å². The number of carbonyl (C=O) groups is 2. The number of hydrogen-bond acceptors (Lipinski definition) is 4.